The van der Waals surface area contributed by atoms with E-state index < -0.39 is 11.6 Å². The summed E-state index contributed by atoms with van der Waals surface area (Å²) >= 11 is 0. The van der Waals surface area contributed by atoms with E-state index in [-0.39, 0.29) is 17.2 Å². The van der Waals surface area contributed by atoms with Crippen LogP contribution < -0.4 is 5.73 Å². The number of rotatable bonds is 8. The summed E-state index contributed by atoms with van der Waals surface area (Å²) in [6.07, 6.45) is 1.42. The number of carboxylic acids is 1. The Bertz CT molecular complexity index is 1130. The first-order valence-electron chi connectivity index (χ1n) is 10.5. The van der Waals surface area contributed by atoms with Gasteiger partial charge in [0.2, 0.25) is 0 Å². The Balaban J connectivity index is 0.00000187. The van der Waals surface area contributed by atoms with Crippen molar-refractivity contribution in [1.82, 2.24) is 9.55 Å². The third kappa shape index (κ3) is 5.69. The van der Waals surface area contributed by atoms with Crippen molar-refractivity contribution in [2.45, 2.75) is 45.8 Å². The molecule has 33 heavy (non-hydrogen) atoms. The summed E-state index contributed by atoms with van der Waals surface area (Å²) in [5.41, 5.74) is 17.9. The first kappa shape index (κ1) is 25.4. The fourth-order valence-corrected chi connectivity index (χ4v) is 3.67. The number of carbonyl (C=O) groups is 1. The molecule has 174 valence electrons. The summed E-state index contributed by atoms with van der Waals surface area (Å²) in [6, 6.07) is 15.2. The van der Waals surface area contributed by atoms with E-state index in [1.165, 1.54) is 0 Å². The van der Waals surface area contributed by atoms with Gasteiger partial charge in [-0.2, -0.15) is 0 Å². The van der Waals surface area contributed by atoms with Gasteiger partial charge in [-0.25, -0.2) is 20.8 Å². The van der Waals surface area contributed by atoms with Crippen molar-refractivity contribution in [3.05, 3.63) is 76.9 Å². The molecule has 0 aliphatic heterocycles. The van der Waals surface area contributed by atoms with Gasteiger partial charge in [-0.15, -0.1) is 0 Å². The van der Waals surface area contributed by atoms with E-state index in [1.807, 2.05) is 55.5 Å². The van der Waals surface area contributed by atoms with E-state index in [0.29, 0.717) is 24.4 Å². The molecule has 7 N–H and O–H groups in total. The summed E-state index contributed by atoms with van der Waals surface area (Å²) in [5, 5.41) is 28.1. The van der Waals surface area contributed by atoms with Crippen LogP contribution in [0.4, 0.5) is 0 Å². The number of imidazole rings is 1. The molecule has 0 atom stereocenters. The van der Waals surface area contributed by atoms with Gasteiger partial charge < -0.3 is 20.5 Å². The monoisotopic (exact) mass is 450 g/mol. The zero-order valence-corrected chi connectivity index (χ0v) is 19.0. The molecule has 3 aromatic rings. The van der Waals surface area contributed by atoms with Gasteiger partial charge in [0.1, 0.15) is 23.0 Å². The fourth-order valence-electron chi connectivity index (χ4n) is 3.67. The molecule has 2 aromatic carbocycles. The molecule has 0 amide bonds. The van der Waals surface area contributed by atoms with E-state index in [0.717, 1.165) is 23.1 Å². The molecule has 1 heterocycles. The molecule has 9 nitrogen and oxygen atoms in total. The predicted molar refractivity (Wildman–Crippen MR) is 126 cm³/mol. The number of aromatic carboxylic acids is 1. The van der Waals surface area contributed by atoms with Gasteiger partial charge in [0.15, 0.2) is 5.69 Å². The number of carboxylic acid groups (broad SMARTS) is 1. The number of hydrogen-bond acceptors (Lipinski definition) is 6. The highest BCUT2D eigenvalue weighted by Crippen LogP contribution is 2.27. The zero-order valence-electron chi connectivity index (χ0n) is 19.0. The van der Waals surface area contributed by atoms with E-state index in [4.69, 9.17) is 22.2 Å². The molecular formula is C24H30N6O3. The molecule has 0 spiro atoms. The lowest BCUT2D eigenvalue weighted by molar-refractivity contribution is 0.0602. The maximum atomic E-state index is 12.0. The van der Waals surface area contributed by atoms with Crippen LogP contribution in [0.2, 0.25) is 0 Å². The topological polar surface area (TPSA) is 173 Å². The molecule has 0 radical (unpaired) electrons. The van der Waals surface area contributed by atoms with E-state index in [9.17, 15) is 15.0 Å². The number of aliphatic hydroxyl groups is 1. The van der Waals surface area contributed by atoms with Crippen molar-refractivity contribution in [1.29, 1.82) is 16.5 Å². The Hall–Kier alpha value is -3.85. The maximum Gasteiger partial charge on any atom is 0.354 e. The van der Waals surface area contributed by atoms with Gasteiger partial charge in [-0.1, -0.05) is 55.5 Å². The van der Waals surface area contributed by atoms with Crippen molar-refractivity contribution in [3.8, 4) is 11.1 Å². The molecular weight excluding hydrogens is 420 g/mol. The minimum absolute atomic E-state index is 0.00699. The van der Waals surface area contributed by atoms with Gasteiger partial charge >= 0.3 is 5.97 Å². The molecule has 3 rings (SSSR count). The number of nitrogen functional groups attached to an aromatic ring is 1. The van der Waals surface area contributed by atoms with Crippen LogP contribution in [0.3, 0.4) is 0 Å². The molecule has 0 unspecified atom stereocenters. The number of nitrogens with two attached hydrogens (primary N) is 1. The van der Waals surface area contributed by atoms with Crippen LogP contribution in [-0.4, -0.2) is 31.6 Å². The van der Waals surface area contributed by atoms with Crippen LogP contribution in [0, 0.1) is 16.5 Å². The molecule has 0 bridgehead atoms. The van der Waals surface area contributed by atoms with E-state index in [2.05, 4.69) is 4.98 Å². The minimum Gasteiger partial charge on any atom is -0.477 e. The van der Waals surface area contributed by atoms with Crippen LogP contribution in [0.25, 0.3) is 11.1 Å². The quantitative estimate of drug-likeness (QED) is 0.170. The average Bonchev–Trinajstić information content (AvgIpc) is 3.15. The first-order chi connectivity index (χ1) is 15.6. The second-order valence-electron chi connectivity index (χ2n) is 8.08. The Morgan fingerprint density at radius 3 is 2.24 bits per heavy atom. The second-order valence-corrected chi connectivity index (χ2v) is 8.08. The summed E-state index contributed by atoms with van der Waals surface area (Å²) in [5.74, 6) is -0.463. The number of amidine groups is 1. The molecule has 0 aliphatic rings. The number of benzene rings is 2. The first-order valence-corrected chi connectivity index (χ1v) is 10.5. The van der Waals surface area contributed by atoms with Gasteiger partial charge in [-0.05, 0) is 37.0 Å². The Kier molecular flexibility index (Phi) is 8.20. The highest BCUT2D eigenvalue weighted by molar-refractivity contribution is 6.01. The molecule has 0 saturated heterocycles. The van der Waals surface area contributed by atoms with E-state index in [1.54, 1.807) is 18.4 Å². The Morgan fingerprint density at radius 2 is 1.73 bits per heavy atom. The number of hydrogen-bond donors (Lipinski definition) is 6. The number of nitrogens with zero attached hydrogens (tertiary/aromatic N) is 2. The normalized spacial score (nSPS) is 10.9. The summed E-state index contributed by atoms with van der Waals surface area (Å²) in [4.78, 5) is 16.5. The minimum atomic E-state index is -1.36. The van der Waals surface area contributed by atoms with Crippen LogP contribution in [0.1, 0.15) is 60.3 Å². The fraction of sp³-hybridized carbons (Fsp3) is 0.292. The van der Waals surface area contributed by atoms with Gasteiger partial charge in [0, 0.05) is 18.5 Å². The Labute approximate surface area is 192 Å². The van der Waals surface area contributed by atoms with Crippen LogP contribution in [0.5, 0.6) is 0 Å². The number of aryl methyl sites for hydroxylation is 1. The highest BCUT2D eigenvalue weighted by Gasteiger charge is 2.31. The van der Waals surface area contributed by atoms with E-state index >= 15 is 0 Å². The van der Waals surface area contributed by atoms with Crippen LogP contribution >= 0.6 is 0 Å². The summed E-state index contributed by atoms with van der Waals surface area (Å²) in [7, 11) is 0. The SMILES string of the molecule is CCCc1nc(C(C)(C)O)c(C(=O)O)n1Cc1ccc(-c2ccccc2C(=N)N)cc1.N=N. The third-order valence-electron chi connectivity index (χ3n) is 5.13. The molecule has 0 fully saturated rings. The lowest BCUT2D eigenvalue weighted by Gasteiger charge is -2.16. The Morgan fingerprint density at radius 1 is 1.12 bits per heavy atom. The molecule has 0 saturated carbocycles. The number of nitrogens with one attached hydrogen (secondary N) is 3. The second kappa shape index (κ2) is 10.6. The lowest BCUT2D eigenvalue weighted by atomic mass is 9.98. The van der Waals surface area contributed by atoms with Gasteiger partial charge in [0.05, 0.1) is 0 Å². The smallest absolute Gasteiger partial charge is 0.354 e. The van der Waals surface area contributed by atoms with Crippen LogP contribution in [0.15, 0.2) is 48.5 Å². The molecule has 0 aliphatic carbocycles. The third-order valence-corrected chi connectivity index (χ3v) is 5.13. The van der Waals surface area contributed by atoms with Crippen molar-refractivity contribution in [2.75, 3.05) is 0 Å². The van der Waals surface area contributed by atoms with Crippen molar-refractivity contribution in [3.63, 3.8) is 0 Å². The number of aromatic nitrogens is 2. The van der Waals surface area contributed by atoms with Gasteiger partial charge in [-0.3, -0.25) is 5.41 Å². The standard InChI is InChI=1S/C24H28N4O3.H2N2/c1-4-7-19-27-21(24(2,3)31)20(23(29)30)28(19)14-15-10-12-16(13-11-15)17-8-5-6-9-18(17)22(25)26;1-2/h5-6,8-13,31H,4,7,14H2,1-3H3,(H3,25,26)(H,29,30);1-2H. The van der Waals surface area contributed by atoms with Gasteiger partial charge in [0.25, 0.3) is 0 Å². The predicted octanol–water partition coefficient (Wildman–Crippen LogP) is 4.36. The summed E-state index contributed by atoms with van der Waals surface area (Å²) in [6.45, 7) is 5.42. The van der Waals surface area contributed by atoms with Crippen molar-refractivity contribution >= 4 is 11.8 Å². The highest BCUT2D eigenvalue weighted by atomic mass is 16.4. The van der Waals surface area contributed by atoms with Crippen molar-refractivity contribution < 1.29 is 15.0 Å². The van der Waals surface area contributed by atoms with Crippen LogP contribution in [-0.2, 0) is 18.6 Å². The van der Waals surface area contributed by atoms with Crippen molar-refractivity contribution in [2.24, 2.45) is 5.73 Å². The largest absolute Gasteiger partial charge is 0.477 e. The summed E-state index contributed by atoms with van der Waals surface area (Å²) < 4.78 is 1.68. The molecule has 1 aromatic heterocycles. The zero-order chi connectivity index (χ0) is 24.8. The average molecular weight is 451 g/mol. The maximum absolute atomic E-state index is 12.0. The molecule has 9 heteroatoms. The lowest BCUT2D eigenvalue weighted by Crippen LogP contribution is -2.22.